The summed E-state index contributed by atoms with van der Waals surface area (Å²) in [7, 11) is 5.39. The van der Waals surface area contributed by atoms with E-state index in [2.05, 4.69) is 27.6 Å². The quantitative estimate of drug-likeness (QED) is 0.370. The lowest BCUT2D eigenvalue weighted by Gasteiger charge is -2.19. The molecular formula is C18H27ClIN5O. The number of guanidine groups is 1. The molecule has 1 aromatic carbocycles. The van der Waals surface area contributed by atoms with Crippen LogP contribution in [0.3, 0.4) is 0 Å². The highest BCUT2D eigenvalue weighted by Crippen LogP contribution is 2.19. The van der Waals surface area contributed by atoms with Crippen molar-refractivity contribution in [2.45, 2.75) is 26.5 Å². The number of methoxy groups -OCH3 is 1. The third kappa shape index (κ3) is 5.85. The number of ether oxygens (including phenoxy) is 1. The van der Waals surface area contributed by atoms with Crippen molar-refractivity contribution in [3.8, 4) is 0 Å². The van der Waals surface area contributed by atoms with Gasteiger partial charge in [0.05, 0.1) is 11.8 Å². The lowest BCUT2D eigenvalue weighted by atomic mass is 10.1. The van der Waals surface area contributed by atoms with E-state index in [1.54, 1.807) is 14.2 Å². The van der Waals surface area contributed by atoms with E-state index in [1.165, 1.54) is 5.56 Å². The Hall–Kier alpha value is -1.32. The van der Waals surface area contributed by atoms with Gasteiger partial charge in [0.25, 0.3) is 0 Å². The number of halogens is 2. The van der Waals surface area contributed by atoms with Gasteiger partial charge in [-0.2, -0.15) is 5.10 Å². The highest BCUT2D eigenvalue weighted by Gasteiger charge is 2.13. The predicted molar refractivity (Wildman–Crippen MR) is 118 cm³/mol. The number of nitrogens with zero attached hydrogens (tertiary/aromatic N) is 3. The SMILES string of the molecule is CN=C(NCc1c(C)nn(C)c1C)NCC(OC)c1cccc(Cl)c1.I. The van der Waals surface area contributed by atoms with Gasteiger partial charge in [0.15, 0.2) is 5.96 Å². The zero-order chi connectivity index (χ0) is 18.4. The second kappa shape index (κ2) is 10.7. The van der Waals surface area contributed by atoms with Crippen molar-refractivity contribution >= 4 is 41.5 Å². The molecule has 0 radical (unpaired) electrons. The Balaban J connectivity index is 0.00000338. The van der Waals surface area contributed by atoms with Crippen molar-refractivity contribution in [3.63, 3.8) is 0 Å². The molecular weight excluding hydrogens is 465 g/mol. The maximum absolute atomic E-state index is 6.07. The molecule has 1 atom stereocenters. The van der Waals surface area contributed by atoms with E-state index in [9.17, 15) is 0 Å². The normalized spacial score (nSPS) is 12.5. The van der Waals surface area contributed by atoms with Crippen LogP contribution in [-0.4, -0.2) is 36.4 Å². The minimum Gasteiger partial charge on any atom is -0.375 e. The number of benzene rings is 1. The smallest absolute Gasteiger partial charge is 0.191 e. The first-order valence-corrected chi connectivity index (χ1v) is 8.56. The molecule has 2 N–H and O–H groups in total. The minimum atomic E-state index is -0.112. The van der Waals surface area contributed by atoms with Crippen molar-refractivity contribution in [1.29, 1.82) is 0 Å². The van der Waals surface area contributed by atoms with E-state index in [0.29, 0.717) is 24.1 Å². The summed E-state index contributed by atoms with van der Waals surface area (Å²) < 4.78 is 7.46. The lowest BCUT2D eigenvalue weighted by molar-refractivity contribution is 0.106. The molecule has 0 aliphatic heterocycles. The molecule has 1 unspecified atom stereocenters. The third-order valence-corrected chi connectivity index (χ3v) is 4.51. The van der Waals surface area contributed by atoms with E-state index in [-0.39, 0.29) is 30.1 Å². The van der Waals surface area contributed by atoms with Crippen molar-refractivity contribution in [3.05, 3.63) is 51.8 Å². The van der Waals surface area contributed by atoms with Gasteiger partial charge in [-0.05, 0) is 31.5 Å². The molecule has 144 valence electrons. The van der Waals surface area contributed by atoms with Crippen LogP contribution in [0, 0.1) is 13.8 Å². The fourth-order valence-corrected chi connectivity index (χ4v) is 2.90. The van der Waals surface area contributed by atoms with Crippen molar-refractivity contribution in [2.75, 3.05) is 20.7 Å². The summed E-state index contributed by atoms with van der Waals surface area (Å²) in [6.45, 7) is 5.33. The first-order chi connectivity index (χ1) is 12.0. The first kappa shape index (κ1) is 22.7. The van der Waals surface area contributed by atoms with Gasteiger partial charge in [-0.3, -0.25) is 9.67 Å². The summed E-state index contributed by atoms with van der Waals surface area (Å²) in [6.07, 6.45) is -0.112. The van der Waals surface area contributed by atoms with E-state index in [4.69, 9.17) is 16.3 Å². The summed E-state index contributed by atoms with van der Waals surface area (Å²) in [5.41, 5.74) is 4.38. The van der Waals surface area contributed by atoms with Gasteiger partial charge in [0.2, 0.25) is 0 Å². The number of aryl methyl sites for hydroxylation is 2. The molecule has 0 spiro atoms. The monoisotopic (exact) mass is 491 g/mol. The van der Waals surface area contributed by atoms with Crippen LogP contribution in [-0.2, 0) is 18.3 Å². The molecule has 26 heavy (non-hydrogen) atoms. The van der Waals surface area contributed by atoms with Crippen LogP contribution in [0.15, 0.2) is 29.3 Å². The largest absolute Gasteiger partial charge is 0.375 e. The maximum Gasteiger partial charge on any atom is 0.191 e. The molecule has 0 saturated heterocycles. The van der Waals surface area contributed by atoms with Crippen molar-refractivity contribution in [1.82, 2.24) is 20.4 Å². The topological polar surface area (TPSA) is 63.5 Å². The van der Waals surface area contributed by atoms with Gasteiger partial charge < -0.3 is 15.4 Å². The fraction of sp³-hybridized carbons (Fsp3) is 0.444. The average molecular weight is 492 g/mol. The summed E-state index contributed by atoms with van der Waals surface area (Å²) in [5, 5.41) is 11.8. The van der Waals surface area contributed by atoms with Gasteiger partial charge in [-0.15, -0.1) is 24.0 Å². The van der Waals surface area contributed by atoms with Gasteiger partial charge >= 0.3 is 0 Å². The van der Waals surface area contributed by atoms with Gasteiger partial charge in [0, 0.05) is 50.6 Å². The van der Waals surface area contributed by atoms with Crippen LogP contribution >= 0.6 is 35.6 Å². The summed E-state index contributed by atoms with van der Waals surface area (Å²) >= 11 is 6.07. The molecule has 2 rings (SSSR count). The lowest BCUT2D eigenvalue weighted by Crippen LogP contribution is -2.39. The number of nitrogens with one attached hydrogen (secondary N) is 2. The second-order valence-electron chi connectivity index (χ2n) is 5.86. The Kier molecular flexibility index (Phi) is 9.38. The molecule has 0 amide bonds. The number of aliphatic imine (C=N–C) groups is 1. The first-order valence-electron chi connectivity index (χ1n) is 8.18. The predicted octanol–water partition coefficient (Wildman–Crippen LogP) is 3.36. The van der Waals surface area contributed by atoms with Crippen molar-refractivity contribution < 1.29 is 4.74 Å². The summed E-state index contributed by atoms with van der Waals surface area (Å²) in [5.74, 6) is 0.715. The van der Waals surface area contributed by atoms with Gasteiger partial charge in [-0.25, -0.2) is 0 Å². The van der Waals surface area contributed by atoms with E-state index in [1.807, 2.05) is 42.9 Å². The Morgan fingerprint density at radius 2 is 2.08 bits per heavy atom. The Morgan fingerprint density at radius 1 is 1.35 bits per heavy atom. The average Bonchev–Trinajstić information content (AvgIpc) is 2.83. The Bertz CT molecular complexity index is 747. The molecule has 0 aliphatic carbocycles. The van der Waals surface area contributed by atoms with Crippen molar-refractivity contribution in [2.24, 2.45) is 12.0 Å². The standard InChI is InChI=1S/C18H26ClN5O.HI/c1-12-16(13(2)24(4)23-12)10-21-18(20-3)22-11-17(25-5)14-7-6-8-15(19)9-14;/h6-9,17H,10-11H2,1-5H3,(H2,20,21,22);1H. The maximum atomic E-state index is 6.07. The molecule has 8 heteroatoms. The minimum absolute atomic E-state index is 0. The van der Waals surface area contributed by atoms with Crippen LogP contribution in [0.4, 0.5) is 0 Å². The third-order valence-electron chi connectivity index (χ3n) is 4.27. The molecule has 1 heterocycles. The summed E-state index contributed by atoms with van der Waals surface area (Å²) in [4.78, 5) is 4.27. The molecule has 0 saturated carbocycles. The highest BCUT2D eigenvalue weighted by molar-refractivity contribution is 14.0. The molecule has 1 aromatic heterocycles. The van der Waals surface area contributed by atoms with E-state index in [0.717, 1.165) is 17.0 Å². The Labute approximate surface area is 177 Å². The van der Waals surface area contributed by atoms with E-state index < -0.39 is 0 Å². The van der Waals surface area contributed by atoms with Crippen LogP contribution in [0.25, 0.3) is 0 Å². The zero-order valence-electron chi connectivity index (χ0n) is 15.8. The molecule has 0 aliphatic rings. The van der Waals surface area contributed by atoms with E-state index >= 15 is 0 Å². The number of rotatable bonds is 6. The number of aromatic nitrogens is 2. The second-order valence-corrected chi connectivity index (χ2v) is 6.30. The molecule has 2 aromatic rings. The van der Waals surface area contributed by atoms with Crippen LogP contribution in [0.1, 0.15) is 28.6 Å². The number of hydrogen-bond donors (Lipinski definition) is 2. The zero-order valence-corrected chi connectivity index (χ0v) is 18.9. The molecule has 0 fully saturated rings. The van der Waals surface area contributed by atoms with Crippen LogP contribution in [0.5, 0.6) is 0 Å². The van der Waals surface area contributed by atoms with Crippen LogP contribution in [0.2, 0.25) is 5.02 Å². The van der Waals surface area contributed by atoms with Crippen LogP contribution < -0.4 is 10.6 Å². The van der Waals surface area contributed by atoms with Gasteiger partial charge in [-0.1, -0.05) is 23.7 Å². The molecule has 6 nitrogen and oxygen atoms in total. The summed E-state index contributed by atoms with van der Waals surface area (Å²) in [6, 6.07) is 7.69. The van der Waals surface area contributed by atoms with Gasteiger partial charge in [0.1, 0.15) is 0 Å². The Morgan fingerprint density at radius 3 is 2.62 bits per heavy atom. The fourth-order valence-electron chi connectivity index (χ4n) is 2.70. The highest BCUT2D eigenvalue weighted by atomic mass is 127. The molecule has 0 bridgehead atoms. The number of hydrogen-bond acceptors (Lipinski definition) is 3.